The molecule has 0 spiro atoms. The third kappa shape index (κ3) is 11.9. The maximum absolute atomic E-state index is 12.7. The van der Waals surface area contributed by atoms with E-state index in [1.54, 1.807) is 24.3 Å². The highest BCUT2D eigenvalue weighted by molar-refractivity contribution is 6.12. The molecule has 0 aromatic heterocycles. The average Bonchev–Trinajstić information content (AvgIpc) is 3.22. The van der Waals surface area contributed by atoms with Crippen molar-refractivity contribution >= 4 is 41.2 Å². The summed E-state index contributed by atoms with van der Waals surface area (Å²) in [6.07, 6.45) is 6.12. The van der Waals surface area contributed by atoms with Gasteiger partial charge in [0.05, 0.1) is 6.54 Å². The number of hydrogen-bond acceptors (Lipinski definition) is 8. The van der Waals surface area contributed by atoms with Crippen LogP contribution >= 0.6 is 0 Å². The number of esters is 1. The molecular formula is C27H37N5O7. The van der Waals surface area contributed by atoms with Crippen molar-refractivity contribution < 1.29 is 33.5 Å². The molecular weight excluding hydrogens is 506 g/mol. The lowest BCUT2D eigenvalue weighted by atomic mass is 10.1. The van der Waals surface area contributed by atoms with Crippen molar-refractivity contribution in [2.24, 2.45) is 5.73 Å². The summed E-state index contributed by atoms with van der Waals surface area (Å²) in [5.41, 5.74) is 6.83. The van der Waals surface area contributed by atoms with Gasteiger partial charge in [0, 0.05) is 37.7 Å². The highest BCUT2D eigenvalue weighted by Gasteiger charge is 2.23. The maximum atomic E-state index is 12.7. The Morgan fingerprint density at radius 3 is 2.26 bits per heavy atom. The molecule has 5 N–H and O–H groups in total. The minimum absolute atomic E-state index is 0.134. The average molecular weight is 544 g/mol. The van der Waals surface area contributed by atoms with E-state index < -0.39 is 17.9 Å². The van der Waals surface area contributed by atoms with Gasteiger partial charge < -0.3 is 26.4 Å². The van der Waals surface area contributed by atoms with Crippen LogP contribution in [0.25, 0.3) is 0 Å². The number of rotatable bonds is 17. The topological polar surface area (TPSA) is 177 Å². The van der Waals surface area contributed by atoms with E-state index in [9.17, 15) is 28.8 Å². The largest absolute Gasteiger partial charge is 0.461 e. The van der Waals surface area contributed by atoms with E-state index >= 15 is 0 Å². The monoisotopic (exact) mass is 543 g/mol. The number of nitrogens with one attached hydrogen (secondary N) is 3. The summed E-state index contributed by atoms with van der Waals surface area (Å²) in [5, 5.41) is 7.97. The molecule has 1 heterocycles. The molecule has 212 valence electrons. The van der Waals surface area contributed by atoms with Gasteiger partial charge in [0.1, 0.15) is 12.6 Å². The van der Waals surface area contributed by atoms with Crippen molar-refractivity contribution in [3.8, 4) is 0 Å². The smallest absolute Gasteiger partial charge is 0.302 e. The van der Waals surface area contributed by atoms with Crippen molar-refractivity contribution in [1.29, 1.82) is 0 Å². The highest BCUT2D eigenvalue weighted by Crippen LogP contribution is 2.11. The number of benzene rings is 1. The molecule has 0 radical (unpaired) electrons. The molecule has 0 saturated carbocycles. The molecule has 0 bridgehead atoms. The molecule has 5 amide bonds. The molecule has 2 rings (SSSR count). The summed E-state index contributed by atoms with van der Waals surface area (Å²) in [5.74, 6) is -2.24. The first-order valence-corrected chi connectivity index (χ1v) is 13.0. The van der Waals surface area contributed by atoms with Crippen molar-refractivity contribution in [3.63, 3.8) is 0 Å². The Morgan fingerprint density at radius 1 is 0.923 bits per heavy atom. The van der Waals surface area contributed by atoms with Gasteiger partial charge in [-0.25, -0.2) is 0 Å². The lowest BCUT2D eigenvalue weighted by Crippen LogP contribution is -2.48. The fraction of sp³-hybridized carbons (Fsp3) is 0.481. The molecule has 0 saturated heterocycles. The predicted molar refractivity (Wildman–Crippen MR) is 143 cm³/mol. The lowest BCUT2D eigenvalue weighted by molar-refractivity contribution is -0.142. The summed E-state index contributed by atoms with van der Waals surface area (Å²) in [6.45, 7) is 1.94. The van der Waals surface area contributed by atoms with Crippen LogP contribution in [0.4, 0.5) is 5.69 Å². The molecule has 1 aliphatic rings. The zero-order valence-corrected chi connectivity index (χ0v) is 22.2. The van der Waals surface area contributed by atoms with Gasteiger partial charge in [0.2, 0.25) is 17.7 Å². The quantitative estimate of drug-likeness (QED) is 0.127. The number of imide groups is 1. The molecule has 1 atom stereocenters. The fourth-order valence-electron chi connectivity index (χ4n) is 3.78. The second-order valence-electron chi connectivity index (χ2n) is 9.12. The number of nitrogens with two attached hydrogens (primary N) is 1. The number of carbonyl (C=O) groups excluding carboxylic acids is 6. The van der Waals surface area contributed by atoms with Crippen LogP contribution in [0.3, 0.4) is 0 Å². The van der Waals surface area contributed by atoms with E-state index in [1.165, 1.54) is 19.1 Å². The third-order valence-corrected chi connectivity index (χ3v) is 5.89. The summed E-state index contributed by atoms with van der Waals surface area (Å²) >= 11 is 0. The van der Waals surface area contributed by atoms with Crippen LogP contribution in [0.1, 0.15) is 57.4 Å². The number of amides is 5. The number of carbonyl (C=O) groups is 6. The Hall–Kier alpha value is -4.06. The molecule has 12 nitrogen and oxygen atoms in total. The maximum Gasteiger partial charge on any atom is 0.302 e. The lowest BCUT2D eigenvalue weighted by Gasteiger charge is -2.18. The van der Waals surface area contributed by atoms with Crippen LogP contribution in [0.5, 0.6) is 0 Å². The fourth-order valence-corrected chi connectivity index (χ4v) is 3.78. The zero-order chi connectivity index (χ0) is 28.6. The Labute approximate surface area is 227 Å². The van der Waals surface area contributed by atoms with Gasteiger partial charge in [-0.2, -0.15) is 0 Å². The van der Waals surface area contributed by atoms with Crippen LogP contribution in [-0.2, 0) is 40.1 Å². The van der Waals surface area contributed by atoms with Crippen molar-refractivity contribution in [1.82, 2.24) is 15.5 Å². The summed E-state index contributed by atoms with van der Waals surface area (Å²) in [6, 6.07) is 5.94. The number of hydrogen-bond donors (Lipinski definition) is 4. The molecule has 1 unspecified atom stereocenters. The first-order valence-electron chi connectivity index (χ1n) is 13.0. The summed E-state index contributed by atoms with van der Waals surface area (Å²) in [7, 11) is 0. The highest BCUT2D eigenvalue weighted by atomic mass is 16.5. The Morgan fingerprint density at radius 2 is 1.62 bits per heavy atom. The van der Waals surface area contributed by atoms with Gasteiger partial charge in [0.15, 0.2) is 0 Å². The second kappa shape index (κ2) is 16.7. The van der Waals surface area contributed by atoms with Gasteiger partial charge in [-0.1, -0.05) is 18.6 Å². The summed E-state index contributed by atoms with van der Waals surface area (Å²) in [4.78, 5) is 72.7. The van der Waals surface area contributed by atoms with E-state index in [4.69, 9.17) is 10.5 Å². The van der Waals surface area contributed by atoms with Crippen LogP contribution in [0, 0.1) is 0 Å². The minimum atomic E-state index is -0.802. The van der Waals surface area contributed by atoms with Gasteiger partial charge in [0.25, 0.3) is 11.8 Å². The number of nitrogens with zero attached hydrogens (tertiary/aromatic N) is 1. The molecule has 12 heteroatoms. The molecule has 0 aliphatic carbocycles. The van der Waals surface area contributed by atoms with Crippen molar-refractivity contribution in [3.05, 3.63) is 42.0 Å². The third-order valence-electron chi connectivity index (χ3n) is 5.89. The predicted octanol–water partition coefficient (Wildman–Crippen LogP) is 0.904. The molecule has 1 aromatic rings. The Kier molecular flexibility index (Phi) is 13.4. The van der Waals surface area contributed by atoms with Gasteiger partial charge in [-0.15, -0.1) is 0 Å². The van der Waals surface area contributed by atoms with Crippen molar-refractivity contribution in [2.45, 2.75) is 64.5 Å². The van der Waals surface area contributed by atoms with Crippen molar-refractivity contribution in [2.75, 3.05) is 25.0 Å². The molecule has 0 fully saturated rings. The SMILES string of the molecule is CC(=O)OCc1ccc(NC(=O)CNC(=O)C(CCCCN)NC(=O)CCCCCN2C(=O)C=CC2=O)cc1. The minimum Gasteiger partial charge on any atom is -0.461 e. The molecule has 1 aliphatic heterocycles. The first-order chi connectivity index (χ1) is 18.7. The van der Waals surface area contributed by atoms with Crippen LogP contribution in [-0.4, -0.2) is 66.1 Å². The van der Waals surface area contributed by atoms with Crippen LogP contribution in [0.2, 0.25) is 0 Å². The zero-order valence-electron chi connectivity index (χ0n) is 22.2. The standard InChI is InChI=1S/C27H37N5O7/c1-19(33)39-18-20-9-11-21(12-10-20)30-24(35)17-29-27(38)22(7-4-5-15-28)31-23(34)8-3-2-6-16-32-25(36)13-14-26(32)37/h9-14,22H,2-8,15-18,28H2,1H3,(H,29,38)(H,30,35)(H,31,34). The van der Waals surface area contributed by atoms with Gasteiger partial charge >= 0.3 is 5.97 Å². The second-order valence-corrected chi connectivity index (χ2v) is 9.12. The molecule has 1 aromatic carbocycles. The van der Waals surface area contributed by atoms with Gasteiger partial charge in [-0.3, -0.25) is 33.7 Å². The van der Waals surface area contributed by atoms with Gasteiger partial charge in [-0.05, 0) is 56.3 Å². The normalized spacial score (nSPS) is 13.2. The Balaban J connectivity index is 1.74. The Bertz CT molecular complexity index is 1040. The van der Waals surface area contributed by atoms with E-state index in [0.29, 0.717) is 57.3 Å². The molecule has 39 heavy (non-hydrogen) atoms. The number of unbranched alkanes of at least 4 members (excludes halogenated alkanes) is 3. The van der Waals surface area contributed by atoms with E-state index in [0.717, 1.165) is 10.5 Å². The van der Waals surface area contributed by atoms with Crippen LogP contribution in [0.15, 0.2) is 36.4 Å². The first kappa shape index (κ1) is 31.2. The van der Waals surface area contributed by atoms with E-state index in [1.807, 2.05) is 0 Å². The van der Waals surface area contributed by atoms with Crippen LogP contribution < -0.4 is 21.7 Å². The summed E-state index contributed by atoms with van der Waals surface area (Å²) < 4.78 is 4.92. The number of ether oxygens (including phenoxy) is 1. The van der Waals surface area contributed by atoms with E-state index in [2.05, 4.69) is 16.0 Å². The van der Waals surface area contributed by atoms with E-state index in [-0.39, 0.29) is 43.3 Å². The number of anilines is 1.